The van der Waals surface area contributed by atoms with Gasteiger partial charge in [-0.05, 0) is 0 Å². The maximum atomic E-state index is 8.11. The first-order chi connectivity index (χ1) is 2.41. The smallest absolute Gasteiger partial charge is 0.293 e. The Bertz CT molecular complexity index is 17.1. The third kappa shape index (κ3) is 421. The van der Waals surface area contributed by atoms with Crippen LogP contribution in [0.5, 0.6) is 0 Å². The molecule has 0 saturated carbocycles. The monoisotopic (exact) mass is 109 g/mol. The highest BCUT2D eigenvalue weighted by Gasteiger charge is 1.18. The van der Waals surface area contributed by atoms with Crippen LogP contribution in [0.3, 0.4) is 0 Å². The molecule has 5 heavy (non-hydrogen) atoms. The Morgan fingerprint density at radius 3 is 1.80 bits per heavy atom. The van der Waals surface area contributed by atoms with E-state index in [4.69, 9.17) is 10.1 Å². The van der Waals surface area contributed by atoms with Gasteiger partial charge in [-0.3, -0.25) is 10.0 Å². The predicted octanol–water partition coefficient (Wildman–Crippen LogP) is 0.451. The van der Waals surface area contributed by atoms with Crippen molar-refractivity contribution in [3.8, 4) is 0 Å². The molecule has 0 bridgehead atoms. The number of rotatable bonds is 0. The molecule has 0 saturated heterocycles. The molecule has 0 fully saturated rings. The lowest BCUT2D eigenvalue weighted by Gasteiger charge is -1.32. The van der Waals surface area contributed by atoms with E-state index < -0.39 is 0 Å². The summed E-state index contributed by atoms with van der Waals surface area (Å²) in [5.41, 5.74) is 0. The normalized spacial score (nSPS) is 3.40. The third-order valence-corrected chi connectivity index (χ3v) is 0. The van der Waals surface area contributed by atoms with Crippen LogP contribution in [0.1, 0.15) is 0 Å². The molecule has 0 spiro atoms. The zero-order chi connectivity index (χ0) is 4.71. The quantitative estimate of drug-likeness (QED) is 0.279. The van der Waals surface area contributed by atoms with Crippen LogP contribution in [-0.4, -0.2) is 20.6 Å². The first-order valence-electron chi connectivity index (χ1n) is 0.601. The van der Waals surface area contributed by atoms with Crippen molar-refractivity contribution < 1.29 is 5.21 Å². The fraction of sp³-hybridized carbons (Fsp3) is 0. The second-order valence-corrected chi connectivity index (χ2v) is 0.0816. The fourth-order valence-corrected chi connectivity index (χ4v) is 0. The summed E-state index contributed by atoms with van der Waals surface area (Å²) in [6.45, 7) is 0. The number of halogens is 1. The summed E-state index contributed by atoms with van der Waals surface area (Å²) in [5, 5.41) is 7.89. The minimum absolute atomic E-state index is 1.25. The number of hydrogen-bond acceptors (Lipinski definition) is 2. The van der Waals surface area contributed by atoms with Crippen LogP contribution in [0.4, 0.5) is 0 Å². The molecule has 0 aliphatic rings. The summed E-state index contributed by atoms with van der Waals surface area (Å²) in [4.78, 5) is 8.11. The minimum Gasteiger partial charge on any atom is -0.379 e. The van der Waals surface area contributed by atoms with Gasteiger partial charge in [-0.25, -0.2) is 0 Å². The zero-order valence-corrected chi connectivity index (χ0v) is 4.17. The molecule has 28 valence electrons. The Morgan fingerprint density at radius 1 is 1.80 bits per heavy atom. The van der Waals surface area contributed by atoms with Gasteiger partial charge in [0.05, 0.1) is 0 Å². The van der Waals surface area contributed by atoms with Crippen LogP contribution >= 0.6 is 10.0 Å². The lowest BCUT2D eigenvalue weighted by molar-refractivity contribution is 0.312. The van der Waals surface area contributed by atoms with E-state index in [-0.39, 0.29) is 0 Å². The van der Waals surface area contributed by atoms with Crippen LogP contribution < -0.4 is 0 Å². The lowest BCUT2D eigenvalue weighted by atomic mass is 13.4. The van der Waals surface area contributed by atoms with Crippen molar-refractivity contribution in [1.82, 2.24) is 0 Å². The largest absolute Gasteiger partial charge is 0.379 e. The molecule has 2 radical (unpaired) electrons. The SMILES string of the molecule is O=NO.[Al][Cl]. The summed E-state index contributed by atoms with van der Waals surface area (Å²) in [7, 11) is 4.56. The zero-order valence-electron chi connectivity index (χ0n) is 2.26. The van der Waals surface area contributed by atoms with Crippen LogP contribution in [-0.2, 0) is 0 Å². The van der Waals surface area contributed by atoms with E-state index in [0.29, 0.717) is 0 Å². The van der Waals surface area contributed by atoms with Gasteiger partial charge in [0, 0.05) is 0 Å². The lowest BCUT2D eigenvalue weighted by Crippen LogP contribution is -1.25. The highest BCUT2D eigenvalue weighted by atomic mass is 35.6. The van der Waals surface area contributed by atoms with Gasteiger partial charge in [0.1, 0.15) is 0 Å². The first-order valence-corrected chi connectivity index (χ1v) is 2.35. The summed E-state index contributed by atoms with van der Waals surface area (Å²) in [6.07, 6.45) is 0. The molecular formula is HAlClNO2. The Hall–Kier alpha value is 0.222. The van der Waals surface area contributed by atoms with Gasteiger partial charge in [0.25, 0.3) is 15.4 Å². The second kappa shape index (κ2) is 29.3. The minimum atomic E-state index is 1.25. The van der Waals surface area contributed by atoms with Gasteiger partial charge in [0.15, 0.2) is 5.34 Å². The molecule has 0 amide bonds. The fourth-order valence-electron chi connectivity index (χ4n) is 0. The van der Waals surface area contributed by atoms with E-state index in [1.807, 2.05) is 15.4 Å². The van der Waals surface area contributed by atoms with Gasteiger partial charge < -0.3 is 5.21 Å². The molecule has 0 aliphatic heterocycles. The van der Waals surface area contributed by atoms with Crippen LogP contribution in [0.15, 0.2) is 5.34 Å². The first kappa shape index (κ1) is 8.97. The van der Waals surface area contributed by atoms with Gasteiger partial charge in [-0.15, -0.1) is 4.91 Å². The number of hydrogen-bond donors (Lipinski definition) is 1. The molecular weight excluding hydrogens is 108 g/mol. The van der Waals surface area contributed by atoms with E-state index in [1.54, 1.807) is 0 Å². The van der Waals surface area contributed by atoms with Crippen molar-refractivity contribution in [3.63, 3.8) is 0 Å². The molecule has 0 aromatic carbocycles. The number of nitrogens with zero attached hydrogens (tertiary/aromatic N) is 1. The maximum absolute atomic E-state index is 8.11. The van der Waals surface area contributed by atoms with E-state index in [0.717, 1.165) is 0 Å². The van der Waals surface area contributed by atoms with Crippen molar-refractivity contribution in [1.29, 1.82) is 0 Å². The second-order valence-electron chi connectivity index (χ2n) is 0.0816. The molecule has 0 aromatic rings. The predicted molar refractivity (Wildman–Crippen MR) is 19.2 cm³/mol. The van der Waals surface area contributed by atoms with Crippen molar-refractivity contribution in [2.75, 3.05) is 0 Å². The summed E-state index contributed by atoms with van der Waals surface area (Å²) < 4.78 is 0. The average Bonchev–Trinajstić information content (AvgIpc) is 1.46. The molecule has 1 N–H and O–H groups in total. The standard InChI is InChI=1S/Al.ClH.HNO2/c;;2-1-3/h;1H;(H,2,3)/q+1;;/p-1. The van der Waals surface area contributed by atoms with E-state index >= 15 is 0 Å². The van der Waals surface area contributed by atoms with Gasteiger partial charge in [0.2, 0.25) is 0 Å². The van der Waals surface area contributed by atoms with Crippen LogP contribution in [0.2, 0.25) is 0 Å². The molecule has 0 aromatic heterocycles. The Labute approximate surface area is 41.5 Å². The van der Waals surface area contributed by atoms with Gasteiger partial charge in [-0.1, -0.05) is 0 Å². The van der Waals surface area contributed by atoms with E-state index in [9.17, 15) is 0 Å². The molecule has 0 atom stereocenters. The highest BCUT2D eigenvalue weighted by Crippen LogP contribution is 1.29. The van der Waals surface area contributed by atoms with E-state index in [2.05, 4.69) is 10.0 Å². The highest BCUT2D eigenvalue weighted by molar-refractivity contribution is 6.80. The Balaban J connectivity index is 0. The van der Waals surface area contributed by atoms with E-state index in [1.165, 1.54) is 5.34 Å². The van der Waals surface area contributed by atoms with Crippen LogP contribution in [0, 0.1) is 4.91 Å². The summed E-state index contributed by atoms with van der Waals surface area (Å²) >= 11 is 1.89. The van der Waals surface area contributed by atoms with Gasteiger partial charge in [-0.2, -0.15) is 0 Å². The third-order valence-electron chi connectivity index (χ3n) is 0. The molecule has 0 unspecified atom stereocenters. The van der Waals surface area contributed by atoms with Crippen molar-refractivity contribution >= 4 is 25.4 Å². The van der Waals surface area contributed by atoms with Crippen molar-refractivity contribution in [2.45, 2.75) is 0 Å². The molecule has 5 heteroatoms. The summed E-state index contributed by atoms with van der Waals surface area (Å²) in [5.74, 6) is 0. The topological polar surface area (TPSA) is 49.7 Å². The van der Waals surface area contributed by atoms with Crippen molar-refractivity contribution in [2.24, 2.45) is 5.34 Å². The molecule has 0 rings (SSSR count). The van der Waals surface area contributed by atoms with Crippen LogP contribution in [0.25, 0.3) is 0 Å². The average molecular weight is 109 g/mol. The van der Waals surface area contributed by atoms with Gasteiger partial charge >= 0.3 is 0 Å². The molecule has 0 heterocycles. The summed E-state index contributed by atoms with van der Waals surface area (Å²) in [6, 6.07) is 0. The maximum Gasteiger partial charge on any atom is 0.293 e. The molecule has 3 nitrogen and oxygen atoms in total. The Kier molecular flexibility index (Phi) is 52.6. The Morgan fingerprint density at radius 2 is 1.80 bits per heavy atom. The van der Waals surface area contributed by atoms with Crippen molar-refractivity contribution in [3.05, 3.63) is 4.91 Å². The molecule has 0 aliphatic carbocycles.